The van der Waals surface area contributed by atoms with Crippen molar-refractivity contribution in [3.63, 3.8) is 0 Å². The summed E-state index contributed by atoms with van der Waals surface area (Å²) in [5, 5.41) is 4.36. The molecule has 1 aromatic rings. The van der Waals surface area contributed by atoms with Gasteiger partial charge in [0.1, 0.15) is 0 Å². The molecule has 0 amide bonds. The van der Waals surface area contributed by atoms with E-state index in [-0.39, 0.29) is 11.5 Å². The van der Waals surface area contributed by atoms with Gasteiger partial charge in [0.05, 0.1) is 24.3 Å². The average Bonchev–Trinajstić information content (AvgIpc) is 2.76. The lowest BCUT2D eigenvalue weighted by molar-refractivity contribution is -0.0232. The Kier molecular flexibility index (Phi) is 3.76. The summed E-state index contributed by atoms with van der Waals surface area (Å²) >= 11 is 0. The molecule has 2 aliphatic heterocycles. The number of nitrogens with zero attached hydrogens (tertiary/aromatic N) is 2. The van der Waals surface area contributed by atoms with Crippen molar-refractivity contribution in [1.82, 2.24) is 4.90 Å². The van der Waals surface area contributed by atoms with E-state index in [4.69, 9.17) is 9.57 Å². The highest BCUT2D eigenvalue weighted by Crippen LogP contribution is 2.35. The minimum absolute atomic E-state index is 0.0698. The zero-order valence-electron chi connectivity index (χ0n) is 12.2. The van der Waals surface area contributed by atoms with Crippen molar-refractivity contribution in [2.45, 2.75) is 20.0 Å². The molecule has 4 nitrogen and oxygen atoms in total. The van der Waals surface area contributed by atoms with E-state index in [1.165, 1.54) is 0 Å². The van der Waals surface area contributed by atoms with Gasteiger partial charge in [-0.25, -0.2) is 0 Å². The number of hydrogen-bond donors (Lipinski definition) is 0. The van der Waals surface area contributed by atoms with Gasteiger partial charge in [-0.05, 0) is 5.56 Å². The van der Waals surface area contributed by atoms with E-state index in [1.807, 2.05) is 18.2 Å². The Morgan fingerprint density at radius 2 is 1.90 bits per heavy atom. The van der Waals surface area contributed by atoms with Gasteiger partial charge in [-0.3, -0.25) is 4.90 Å². The van der Waals surface area contributed by atoms with Crippen molar-refractivity contribution in [1.29, 1.82) is 0 Å². The Morgan fingerprint density at radius 3 is 2.60 bits per heavy atom. The van der Waals surface area contributed by atoms with Crippen LogP contribution in [0.3, 0.4) is 0 Å². The SMILES string of the molecule is CC1(C)C(c2ccccc2)=NOC1CN1CCOCC1. The smallest absolute Gasteiger partial charge is 0.150 e. The fourth-order valence-electron chi connectivity index (χ4n) is 2.82. The number of oxime groups is 1. The van der Waals surface area contributed by atoms with Crippen LogP contribution in [0.5, 0.6) is 0 Å². The predicted molar refractivity (Wildman–Crippen MR) is 78.9 cm³/mol. The van der Waals surface area contributed by atoms with Gasteiger partial charge < -0.3 is 9.57 Å². The van der Waals surface area contributed by atoms with Crippen LogP contribution >= 0.6 is 0 Å². The molecule has 2 heterocycles. The second-order valence-corrected chi connectivity index (χ2v) is 6.03. The summed E-state index contributed by atoms with van der Waals surface area (Å²) in [6, 6.07) is 10.3. The van der Waals surface area contributed by atoms with Crippen LogP contribution in [0.2, 0.25) is 0 Å². The number of benzene rings is 1. The highest BCUT2D eigenvalue weighted by molar-refractivity contribution is 6.05. The van der Waals surface area contributed by atoms with Crippen LogP contribution in [-0.4, -0.2) is 49.6 Å². The van der Waals surface area contributed by atoms with Crippen LogP contribution in [0.25, 0.3) is 0 Å². The molecular formula is C16H22N2O2. The summed E-state index contributed by atoms with van der Waals surface area (Å²) in [6.45, 7) is 8.95. The molecule has 1 atom stereocenters. The van der Waals surface area contributed by atoms with E-state index in [0.29, 0.717) is 0 Å². The topological polar surface area (TPSA) is 34.1 Å². The summed E-state index contributed by atoms with van der Waals surface area (Å²) in [5.74, 6) is 0. The van der Waals surface area contributed by atoms with Gasteiger partial charge >= 0.3 is 0 Å². The maximum Gasteiger partial charge on any atom is 0.150 e. The first-order valence-electron chi connectivity index (χ1n) is 7.28. The third-order valence-electron chi connectivity index (χ3n) is 4.26. The standard InChI is InChI=1S/C16H22N2O2/c1-16(2)14(12-18-8-10-19-11-9-18)20-17-15(16)13-6-4-3-5-7-13/h3-7,14H,8-12H2,1-2H3. The normalized spacial score (nSPS) is 26.1. The van der Waals surface area contributed by atoms with Crippen molar-refractivity contribution in [3.8, 4) is 0 Å². The van der Waals surface area contributed by atoms with Crippen molar-refractivity contribution < 1.29 is 9.57 Å². The molecule has 1 saturated heterocycles. The molecule has 1 aromatic carbocycles. The third kappa shape index (κ3) is 2.58. The zero-order chi connectivity index (χ0) is 14.0. The lowest BCUT2D eigenvalue weighted by atomic mass is 9.79. The zero-order valence-corrected chi connectivity index (χ0v) is 12.2. The van der Waals surface area contributed by atoms with E-state index in [1.54, 1.807) is 0 Å². The van der Waals surface area contributed by atoms with E-state index >= 15 is 0 Å². The fraction of sp³-hybridized carbons (Fsp3) is 0.562. The van der Waals surface area contributed by atoms with Gasteiger partial charge in [-0.2, -0.15) is 0 Å². The van der Waals surface area contributed by atoms with Crippen LogP contribution in [0.4, 0.5) is 0 Å². The van der Waals surface area contributed by atoms with Crippen LogP contribution < -0.4 is 0 Å². The maximum absolute atomic E-state index is 5.74. The van der Waals surface area contributed by atoms with E-state index in [9.17, 15) is 0 Å². The molecule has 2 aliphatic rings. The number of hydrogen-bond acceptors (Lipinski definition) is 4. The Hall–Kier alpha value is -1.39. The molecule has 0 saturated carbocycles. The van der Waals surface area contributed by atoms with Crippen LogP contribution in [0.15, 0.2) is 35.5 Å². The molecule has 1 unspecified atom stereocenters. The number of ether oxygens (including phenoxy) is 1. The molecule has 20 heavy (non-hydrogen) atoms. The molecule has 0 aromatic heterocycles. The number of rotatable bonds is 3. The van der Waals surface area contributed by atoms with E-state index in [2.05, 4.69) is 36.0 Å². The first kappa shape index (κ1) is 13.6. The molecule has 0 aliphatic carbocycles. The minimum atomic E-state index is -0.0698. The lowest BCUT2D eigenvalue weighted by Gasteiger charge is -2.33. The van der Waals surface area contributed by atoms with Gasteiger partial charge in [-0.1, -0.05) is 49.3 Å². The summed E-state index contributed by atoms with van der Waals surface area (Å²) in [4.78, 5) is 8.15. The van der Waals surface area contributed by atoms with Crippen molar-refractivity contribution in [3.05, 3.63) is 35.9 Å². The highest BCUT2D eigenvalue weighted by atomic mass is 16.6. The van der Waals surface area contributed by atoms with Gasteiger partial charge in [0.25, 0.3) is 0 Å². The molecule has 1 fully saturated rings. The van der Waals surface area contributed by atoms with Gasteiger partial charge in [-0.15, -0.1) is 0 Å². The van der Waals surface area contributed by atoms with E-state index < -0.39 is 0 Å². The van der Waals surface area contributed by atoms with Crippen molar-refractivity contribution >= 4 is 5.71 Å². The molecule has 0 spiro atoms. The second kappa shape index (κ2) is 5.54. The van der Waals surface area contributed by atoms with Gasteiger partial charge in [0.15, 0.2) is 6.10 Å². The average molecular weight is 274 g/mol. The summed E-state index contributed by atoms with van der Waals surface area (Å²) in [7, 11) is 0. The largest absolute Gasteiger partial charge is 0.390 e. The van der Waals surface area contributed by atoms with E-state index in [0.717, 1.165) is 44.1 Å². The maximum atomic E-state index is 5.74. The predicted octanol–water partition coefficient (Wildman–Crippen LogP) is 2.15. The monoisotopic (exact) mass is 274 g/mol. The van der Waals surface area contributed by atoms with Crippen LogP contribution in [-0.2, 0) is 9.57 Å². The Morgan fingerprint density at radius 1 is 1.20 bits per heavy atom. The van der Waals surface area contributed by atoms with Crippen LogP contribution in [0.1, 0.15) is 19.4 Å². The third-order valence-corrected chi connectivity index (χ3v) is 4.26. The quantitative estimate of drug-likeness (QED) is 0.847. The van der Waals surface area contributed by atoms with Gasteiger partial charge in [0.2, 0.25) is 0 Å². The minimum Gasteiger partial charge on any atom is -0.390 e. The molecule has 0 N–H and O–H groups in total. The molecule has 0 bridgehead atoms. The van der Waals surface area contributed by atoms with Gasteiger partial charge in [0, 0.05) is 19.6 Å². The Bertz CT molecular complexity index is 479. The molecule has 0 radical (unpaired) electrons. The summed E-state index contributed by atoms with van der Waals surface area (Å²) in [5.41, 5.74) is 2.14. The molecule has 4 heteroatoms. The lowest BCUT2D eigenvalue weighted by Crippen LogP contribution is -2.46. The number of morpholine rings is 1. The van der Waals surface area contributed by atoms with Crippen molar-refractivity contribution in [2.75, 3.05) is 32.8 Å². The fourth-order valence-corrected chi connectivity index (χ4v) is 2.82. The second-order valence-electron chi connectivity index (χ2n) is 6.03. The summed E-state index contributed by atoms with van der Waals surface area (Å²) in [6.07, 6.45) is 0.107. The molecule has 108 valence electrons. The molecule has 3 rings (SSSR count). The Labute approximate surface area is 120 Å². The Balaban J connectivity index is 1.71. The first-order valence-corrected chi connectivity index (χ1v) is 7.28. The first-order chi connectivity index (χ1) is 9.68. The highest BCUT2D eigenvalue weighted by Gasteiger charge is 2.43. The summed E-state index contributed by atoms with van der Waals surface area (Å²) < 4.78 is 5.40. The molecular weight excluding hydrogens is 252 g/mol. The van der Waals surface area contributed by atoms with Crippen molar-refractivity contribution in [2.24, 2.45) is 10.6 Å². The van der Waals surface area contributed by atoms with Crippen LogP contribution in [0, 0.1) is 5.41 Å².